The minimum absolute atomic E-state index is 0.0628. The van der Waals surface area contributed by atoms with Crippen LogP contribution in [0.25, 0.3) is 0 Å². The molecule has 1 aromatic heterocycles. The van der Waals surface area contributed by atoms with Gasteiger partial charge in [0.2, 0.25) is 11.7 Å². The molecule has 0 aliphatic heterocycles. The zero-order valence-corrected chi connectivity index (χ0v) is 14.9. The fourth-order valence-electron chi connectivity index (χ4n) is 1.98. The molecule has 4 N–H and O–H groups in total. The van der Waals surface area contributed by atoms with Crippen LogP contribution in [0.1, 0.15) is 31.7 Å². The highest BCUT2D eigenvalue weighted by Gasteiger charge is 2.03. The number of aromatic amines is 2. The van der Waals surface area contributed by atoms with E-state index in [4.69, 9.17) is 4.74 Å². The number of anilines is 1. The Kier molecular flexibility index (Phi) is 7.76. The summed E-state index contributed by atoms with van der Waals surface area (Å²) in [5.74, 6) is 0.396. The van der Waals surface area contributed by atoms with Crippen LogP contribution in [0.15, 0.2) is 39.0 Å². The van der Waals surface area contributed by atoms with Gasteiger partial charge >= 0.3 is 5.69 Å². The second-order valence-electron chi connectivity index (χ2n) is 5.60. The monoisotopic (exact) mass is 374 g/mol. The van der Waals surface area contributed by atoms with Gasteiger partial charge in [-0.2, -0.15) is 5.10 Å². The Morgan fingerprint density at radius 3 is 2.78 bits per heavy atom. The fraction of sp³-hybridized carbons (Fsp3) is 0.353. The first-order valence-corrected chi connectivity index (χ1v) is 8.56. The van der Waals surface area contributed by atoms with Gasteiger partial charge in [-0.1, -0.05) is 13.3 Å². The molecule has 0 atom stereocenters. The van der Waals surface area contributed by atoms with Crippen molar-refractivity contribution in [3.05, 3.63) is 50.7 Å². The first-order valence-electron chi connectivity index (χ1n) is 8.56. The molecule has 0 unspecified atom stereocenters. The molecule has 0 bridgehead atoms. The molecule has 1 aromatic carbocycles. The third-order valence-corrected chi connectivity index (χ3v) is 3.41. The molecule has 2 aromatic rings. The Morgan fingerprint density at radius 1 is 1.30 bits per heavy atom. The van der Waals surface area contributed by atoms with Crippen LogP contribution in [0.3, 0.4) is 0 Å². The van der Waals surface area contributed by atoms with Gasteiger partial charge in [-0.05, 0) is 36.2 Å². The van der Waals surface area contributed by atoms with Gasteiger partial charge in [0, 0.05) is 13.0 Å². The number of H-pyrrole nitrogens is 2. The van der Waals surface area contributed by atoms with Crippen molar-refractivity contribution in [3.63, 3.8) is 0 Å². The number of unbranched alkanes of at least 4 members (excludes halogenated alkanes) is 1. The fourth-order valence-corrected chi connectivity index (χ4v) is 1.98. The van der Waals surface area contributed by atoms with Gasteiger partial charge in [0.1, 0.15) is 5.75 Å². The van der Waals surface area contributed by atoms with E-state index in [1.165, 1.54) is 6.21 Å². The summed E-state index contributed by atoms with van der Waals surface area (Å²) in [7, 11) is 0. The van der Waals surface area contributed by atoms with Gasteiger partial charge in [-0.3, -0.25) is 14.6 Å². The molecule has 0 aliphatic rings. The molecule has 1 heterocycles. The number of hydrogen-bond donors (Lipinski definition) is 4. The predicted octanol–water partition coefficient (Wildman–Crippen LogP) is 0.589. The van der Waals surface area contributed by atoms with E-state index in [0.717, 1.165) is 24.2 Å². The molecule has 0 saturated carbocycles. The average Bonchev–Trinajstić information content (AvgIpc) is 2.65. The smallest absolute Gasteiger partial charge is 0.342 e. The van der Waals surface area contributed by atoms with E-state index in [9.17, 15) is 14.4 Å². The first kappa shape index (κ1) is 19.9. The van der Waals surface area contributed by atoms with E-state index in [0.29, 0.717) is 6.61 Å². The Labute approximate surface area is 155 Å². The van der Waals surface area contributed by atoms with Crippen LogP contribution < -0.4 is 26.7 Å². The molecule has 2 rings (SSSR count). The number of carbonyl (C=O) groups is 1. The van der Waals surface area contributed by atoms with Crippen molar-refractivity contribution >= 4 is 17.9 Å². The van der Waals surface area contributed by atoms with Gasteiger partial charge in [0.05, 0.1) is 12.8 Å². The molecular formula is C17H22N6O4. The van der Waals surface area contributed by atoms with E-state index in [2.05, 4.69) is 33.0 Å². The zero-order valence-electron chi connectivity index (χ0n) is 14.9. The third-order valence-electron chi connectivity index (χ3n) is 3.41. The van der Waals surface area contributed by atoms with Gasteiger partial charge < -0.3 is 10.1 Å². The van der Waals surface area contributed by atoms with Crippen LogP contribution >= 0.6 is 0 Å². The van der Waals surface area contributed by atoms with Gasteiger partial charge in [-0.25, -0.2) is 15.3 Å². The van der Waals surface area contributed by atoms with E-state index in [-0.39, 0.29) is 24.7 Å². The van der Waals surface area contributed by atoms with Crippen LogP contribution in [-0.2, 0) is 4.79 Å². The molecular weight excluding hydrogens is 352 g/mol. The summed E-state index contributed by atoms with van der Waals surface area (Å²) in [5, 5.41) is 12.2. The number of aromatic nitrogens is 3. The maximum absolute atomic E-state index is 11.7. The highest BCUT2D eigenvalue weighted by atomic mass is 16.5. The summed E-state index contributed by atoms with van der Waals surface area (Å²) in [5.41, 5.74) is 1.86. The number of nitrogens with one attached hydrogen (secondary N) is 4. The summed E-state index contributed by atoms with van der Waals surface area (Å²) in [6.07, 6.45) is 3.69. The average molecular weight is 374 g/mol. The molecule has 0 aliphatic carbocycles. The molecule has 0 radical (unpaired) electrons. The Morgan fingerprint density at radius 2 is 2.07 bits per heavy atom. The number of amides is 1. The largest absolute Gasteiger partial charge is 0.494 e. The molecule has 10 heteroatoms. The van der Waals surface area contributed by atoms with Crippen molar-refractivity contribution in [3.8, 4) is 5.75 Å². The molecule has 10 nitrogen and oxygen atoms in total. The van der Waals surface area contributed by atoms with E-state index < -0.39 is 11.2 Å². The lowest BCUT2D eigenvalue weighted by Gasteiger charge is -2.05. The number of hydrogen-bond acceptors (Lipinski definition) is 7. The van der Waals surface area contributed by atoms with Crippen LogP contribution in [-0.4, -0.2) is 40.5 Å². The maximum Gasteiger partial charge on any atom is 0.342 e. The lowest BCUT2D eigenvalue weighted by atomic mass is 10.2. The van der Waals surface area contributed by atoms with Crippen LogP contribution in [0.2, 0.25) is 0 Å². The van der Waals surface area contributed by atoms with Crippen LogP contribution in [0, 0.1) is 0 Å². The SMILES string of the molecule is CCCCOc1ccc(/C=N/NC(=O)CCNc2n[nH]c(=O)[nH]c2=O)cc1. The lowest BCUT2D eigenvalue weighted by Crippen LogP contribution is -2.28. The minimum atomic E-state index is -0.696. The second kappa shape index (κ2) is 10.5. The van der Waals surface area contributed by atoms with Crippen molar-refractivity contribution in [2.45, 2.75) is 26.2 Å². The van der Waals surface area contributed by atoms with Gasteiger partial charge in [-0.15, -0.1) is 5.10 Å². The molecule has 144 valence electrons. The number of nitrogens with zero attached hydrogens (tertiary/aromatic N) is 2. The summed E-state index contributed by atoms with van der Waals surface area (Å²) >= 11 is 0. The molecule has 0 spiro atoms. The van der Waals surface area contributed by atoms with Gasteiger partial charge in [0.15, 0.2) is 0 Å². The van der Waals surface area contributed by atoms with Crippen molar-refractivity contribution in [1.82, 2.24) is 20.6 Å². The topological polar surface area (TPSA) is 141 Å². The molecule has 27 heavy (non-hydrogen) atoms. The van der Waals surface area contributed by atoms with Crippen LogP contribution in [0.4, 0.5) is 5.82 Å². The Bertz CT molecular complexity index is 872. The number of benzene rings is 1. The van der Waals surface area contributed by atoms with Crippen molar-refractivity contribution in [2.75, 3.05) is 18.5 Å². The maximum atomic E-state index is 11.7. The standard InChI is InChI=1S/C17H22N6O4/c1-2-3-10-27-13-6-4-12(5-7-13)11-19-21-14(24)8-9-18-15-16(25)20-17(26)23-22-15/h4-7,11H,2-3,8-10H2,1H3,(H,18,22)(H,21,24)(H2,20,23,25,26)/b19-11+. The van der Waals surface area contributed by atoms with E-state index in [1.807, 2.05) is 29.2 Å². The van der Waals surface area contributed by atoms with Crippen molar-refractivity contribution in [1.29, 1.82) is 0 Å². The summed E-state index contributed by atoms with van der Waals surface area (Å²) in [4.78, 5) is 36.0. The second-order valence-corrected chi connectivity index (χ2v) is 5.60. The minimum Gasteiger partial charge on any atom is -0.494 e. The van der Waals surface area contributed by atoms with Crippen LogP contribution in [0.5, 0.6) is 5.75 Å². The first-order chi connectivity index (χ1) is 13.1. The van der Waals surface area contributed by atoms with E-state index >= 15 is 0 Å². The Balaban J connectivity index is 1.71. The summed E-state index contributed by atoms with van der Waals surface area (Å²) in [6, 6.07) is 7.37. The number of ether oxygens (including phenoxy) is 1. The van der Waals surface area contributed by atoms with E-state index in [1.54, 1.807) is 0 Å². The summed E-state index contributed by atoms with van der Waals surface area (Å²) < 4.78 is 5.57. The molecule has 0 fully saturated rings. The third kappa shape index (κ3) is 7.14. The van der Waals surface area contributed by atoms with Crippen molar-refractivity contribution in [2.24, 2.45) is 5.10 Å². The summed E-state index contributed by atoms with van der Waals surface area (Å²) in [6.45, 7) is 2.95. The normalized spacial score (nSPS) is 10.7. The van der Waals surface area contributed by atoms with Crippen molar-refractivity contribution < 1.29 is 9.53 Å². The number of rotatable bonds is 10. The molecule has 0 saturated heterocycles. The predicted molar refractivity (Wildman–Crippen MR) is 101 cm³/mol. The number of carbonyl (C=O) groups excluding carboxylic acids is 1. The quantitative estimate of drug-likeness (QED) is 0.272. The lowest BCUT2D eigenvalue weighted by molar-refractivity contribution is -0.120. The van der Waals surface area contributed by atoms with Gasteiger partial charge in [0.25, 0.3) is 5.56 Å². The molecule has 1 amide bonds. The highest BCUT2D eigenvalue weighted by molar-refractivity contribution is 5.82. The Hall–Kier alpha value is -3.43. The number of hydrazone groups is 1. The highest BCUT2D eigenvalue weighted by Crippen LogP contribution is 2.11. The zero-order chi connectivity index (χ0) is 19.5.